The fourth-order valence-corrected chi connectivity index (χ4v) is 3.37. The van der Waals surface area contributed by atoms with Gasteiger partial charge in [-0.25, -0.2) is 4.98 Å². The van der Waals surface area contributed by atoms with Crippen LogP contribution in [0.3, 0.4) is 0 Å². The first-order valence-corrected chi connectivity index (χ1v) is 9.14. The molecule has 0 radical (unpaired) electrons. The van der Waals surface area contributed by atoms with Gasteiger partial charge in [-0.05, 0) is 43.6 Å². The Morgan fingerprint density at radius 1 is 1.26 bits per heavy atom. The van der Waals surface area contributed by atoms with E-state index in [9.17, 15) is 4.79 Å². The molecule has 0 saturated carbocycles. The highest BCUT2D eigenvalue weighted by Crippen LogP contribution is 2.30. The Morgan fingerprint density at radius 2 is 2.07 bits per heavy atom. The molecule has 1 amide bonds. The fraction of sp³-hybridized carbons (Fsp3) is 0.278. The second-order valence-electron chi connectivity index (χ2n) is 6.52. The zero-order valence-corrected chi connectivity index (χ0v) is 15.3. The molecule has 0 unspecified atom stereocenters. The summed E-state index contributed by atoms with van der Waals surface area (Å²) in [5, 5.41) is 11.1. The second kappa shape index (κ2) is 7.42. The topological polar surface area (TPSA) is 114 Å². The van der Waals surface area contributed by atoms with Crippen LogP contribution in [0.5, 0.6) is 0 Å². The van der Waals surface area contributed by atoms with E-state index in [0.717, 1.165) is 37.1 Å². The van der Waals surface area contributed by atoms with Crippen molar-refractivity contribution in [2.24, 2.45) is 0 Å². The van der Waals surface area contributed by atoms with Gasteiger partial charge in [0.15, 0.2) is 5.95 Å². The number of imidazole rings is 1. The number of rotatable bonds is 4. The molecule has 1 saturated heterocycles. The van der Waals surface area contributed by atoms with Crippen molar-refractivity contribution in [3.05, 3.63) is 47.5 Å². The van der Waals surface area contributed by atoms with Crippen LogP contribution in [0.15, 0.2) is 36.8 Å². The number of aromatic amines is 1. The van der Waals surface area contributed by atoms with E-state index in [1.807, 2.05) is 29.2 Å². The van der Waals surface area contributed by atoms with Crippen LogP contribution in [0.2, 0.25) is 5.02 Å². The number of H-pyrrole nitrogens is 1. The third-order valence-corrected chi connectivity index (χ3v) is 5.00. The quantitative estimate of drug-likeness (QED) is 0.551. The average Bonchev–Trinajstić information content (AvgIpc) is 3.34. The summed E-state index contributed by atoms with van der Waals surface area (Å²) in [6.45, 7) is 2.02. The Labute approximate surface area is 161 Å². The maximum atomic E-state index is 12.3. The molecule has 3 aromatic rings. The lowest BCUT2D eigenvalue weighted by molar-refractivity contribution is 0.102. The van der Waals surface area contributed by atoms with Gasteiger partial charge in [0.1, 0.15) is 5.69 Å². The van der Waals surface area contributed by atoms with E-state index in [4.69, 9.17) is 17.3 Å². The van der Waals surface area contributed by atoms with Gasteiger partial charge >= 0.3 is 0 Å². The van der Waals surface area contributed by atoms with Crippen LogP contribution >= 0.6 is 11.6 Å². The van der Waals surface area contributed by atoms with Crippen molar-refractivity contribution in [3.63, 3.8) is 0 Å². The van der Waals surface area contributed by atoms with Crippen LogP contribution < -0.4 is 16.4 Å². The molecule has 140 valence electrons. The highest BCUT2D eigenvalue weighted by molar-refractivity contribution is 6.34. The van der Waals surface area contributed by atoms with Crippen molar-refractivity contribution in [3.8, 4) is 11.1 Å². The maximum Gasteiger partial charge on any atom is 0.273 e. The number of nitrogens with one attached hydrogen (secondary N) is 3. The normalized spacial score (nSPS) is 15.0. The molecule has 4 rings (SSSR count). The summed E-state index contributed by atoms with van der Waals surface area (Å²) in [7, 11) is 0. The first kappa shape index (κ1) is 17.6. The number of nitrogen functional groups attached to an aromatic ring is 1. The van der Waals surface area contributed by atoms with Gasteiger partial charge < -0.3 is 21.4 Å². The van der Waals surface area contributed by atoms with Gasteiger partial charge in [-0.2, -0.15) is 5.10 Å². The number of nitrogens with zero attached hydrogens (tertiary/aromatic N) is 3. The summed E-state index contributed by atoms with van der Waals surface area (Å²) >= 11 is 6.25. The van der Waals surface area contributed by atoms with E-state index in [-0.39, 0.29) is 17.5 Å². The molecular formula is C18H20ClN7O. The van der Waals surface area contributed by atoms with Crippen molar-refractivity contribution >= 4 is 29.1 Å². The number of hydrogen-bond acceptors (Lipinski definition) is 5. The number of carbonyl (C=O) groups is 1. The van der Waals surface area contributed by atoms with Gasteiger partial charge in [0, 0.05) is 11.8 Å². The summed E-state index contributed by atoms with van der Waals surface area (Å²) in [4.78, 5) is 18.8. The number of anilines is 2. The number of amides is 1. The van der Waals surface area contributed by atoms with E-state index in [1.54, 1.807) is 6.07 Å². The zero-order chi connectivity index (χ0) is 18.8. The Hall–Kier alpha value is -2.84. The SMILES string of the molecule is Nc1ncc(C(=O)Nc2cc(-c3cnn(C4CCNCC4)c3)ccc2Cl)[nH]1. The minimum Gasteiger partial charge on any atom is -0.369 e. The lowest BCUT2D eigenvalue weighted by Gasteiger charge is -2.22. The van der Waals surface area contributed by atoms with Gasteiger partial charge in [-0.15, -0.1) is 0 Å². The number of aromatic nitrogens is 4. The lowest BCUT2D eigenvalue weighted by atomic mass is 10.1. The van der Waals surface area contributed by atoms with E-state index in [2.05, 4.69) is 25.7 Å². The Balaban J connectivity index is 1.55. The monoisotopic (exact) mass is 385 g/mol. The Morgan fingerprint density at radius 3 is 2.81 bits per heavy atom. The van der Waals surface area contributed by atoms with Gasteiger partial charge in [-0.3, -0.25) is 9.48 Å². The van der Waals surface area contributed by atoms with Gasteiger partial charge in [0.05, 0.1) is 29.1 Å². The first-order chi connectivity index (χ1) is 13.1. The molecule has 0 spiro atoms. The van der Waals surface area contributed by atoms with Crippen LogP contribution in [-0.2, 0) is 0 Å². The van der Waals surface area contributed by atoms with Crippen LogP contribution in [0.25, 0.3) is 11.1 Å². The number of benzene rings is 1. The standard InChI is InChI=1S/C18H20ClN7O/c19-14-2-1-11(7-15(14)24-17(27)16-9-22-18(20)25-16)12-8-23-26(10-12)13-3-5-21-6-4-13/h1-2,7-10,13,21H,3-6H2,(H,24,27)(H3,20,22,25). The summed E-state index contributed by atoms with van der Waals surface area (Å²) < 4.78 is 2.02. The molecule has 0 bridgehead atoms. The number of piperidine rings is 1. The van der Waals surface area contributed by atoms with Crippen LogP contribution in [0, 0.1) is 0 Å². The minimum absolute atomic E-state index is 0.185. The Kier molecular flexibility index (Phi) is 4.83. The van der Waals surface area contributed by atoms with Crippen molar-refractivity contribution in [2.75, 3.05) is 24.1 Å². The molecule has 1 aromatic carbocycles. The maximum absolute atomic E-state index is 12.3. The molecule has 8 nitrogen and oxygen atoms in total. The molecule has 1 aliphatic rings. The zero-order valence-electron chi connectivity index (χ0n) is 14.6. The van der Waals surface area contributed by atoms with Gasteiger partial charge in [0.2, 0.25) is 0 Å². The van der Waals surface area contributed by atoms with E-state index in [0.29, 0.717) is 16.8 Å². The molecule has 27 heavy (non-hydrogen) atoms. The lowest BCUT2D eigenvalue weighted by Crippen LogP contribution is -2.29. The molecule has 2 aromatic heterocycles. The molecular weight excluding hydrogens is 366 g/mol. The first-order valence-electron chi connectivity index (χ1n) is 8.77. The molecule has 5 N–H and O–H groups in total. The van der Waals surface area contributed by atoms with E-state index in [1.165, 1.54) is 6.20 Å². The summed E-state index contributed by atoms with van der Waals surface area (Å²) in [5.41, 5.74) is 8.21. The number of halogens is 1. The fourth-order valence-electron chi connectivity index (χ4n) is 3.20. The number of nitrogens with two attached hydrogens (primary N) is 1. The highest BCUT2D eigenvalue weighted by Gasteiger charge is 2.17. The molecule has 0 atom stereocenters. The summed E-state index contributed by atoms with van der Waals surface area (Å²) in [6, 6.07) is 5.92. The van der Waals surface area contributed by atoms with Crippen molar-refractivity contribution < 1.29 is 4.79 Å². The number of carbonyl (C=O) groups excluding carboxylic acids is 1. The third kappa shape index (κ3) is 3.81. The molecule has 0 aliphatic carbocycles. The summed E-state index contributed by atoms with van der Waals surface area (Å²) in [6.07, 6.45) is 7.39. The summed E-state index contributed by atoms with van der Waals surface area (Å²) in [5.74, 6) is -0.172. The molecule has 3 heterocycles. The van der Waals surface area contributed by atoms with Gasteiger partial charge in [-0.1, -0.05) is 17.7 Å². The smallest absolute Gasteiger partial charge is 0.273 e. The van der Waals surface area contributed by atoms with Crippen molar-refractivity contribution in [2.45, 2.75) is 18.9 Å². The van der Waals surface area contributed by atoms with Crippen LogP contribution in [0.1, 0.15) is 29.4 Å². The molecule has 1 fully saturated rings. The predicted molar refractivity (Wildman–Crippen MR) is 105 cm³/mol. The average molecular weight is 386 g/mol. The predicted octanol–water partition coefficient (Wildman–Crippen LogP) is 2.69. The van der Waals surface area contributed by atoms with E-state index < -0.39 is 0 Å². The van der Waals surface area contributed by atoms with Crippen molar-refractivity contribution in [1.82, 2.24) is 25.1 Å². The second-order valence-corrected chi connectivity index (χ2v) is 6.93. The van der Waals surface area contributed by atoms with E-state index >= 15 is 0 Å². The minimum atomic E-state index is -0.358. The molecule has 9 heteroatoms. The number of hydrogen-bond donors (Lipinski definition) is 4. The largest absolute Gasteiger partial charge is 0.369 e. The van der Waals surface area contributed by atoms with Gasteiger partial charge in [0.25, 0.3) is 5.91 Å². The Bertz CT molecular complexity index is 958. The highest BCUT2D eigenvalue weighted by atomic mass is 35.5. The molecule has 1 aliphatic heterocycles. The third-order valence-electron chi connectivity index (χ3n) is 4.67. The van der Waals surface area contributed by atoms with Crippen molar-refractivity contribution in [1.29, 1.82) is 0 Å². The van der Waals surface area contributed by atoms with Crippen LogP contribution in [0.4, 0.5) is 11.6 Å². The van der Waals surface area contributed by atoms with Crippen LogP contribution in [-0.4, -0.2) is 38.7 Å².